The summed E-state index contributed by atoms with van der Waals surface area (Å²) < 4.78 is 0. The molecule has 1 aromatic rings. The molecule has 18 heavy (non-hydrogen) atoms. The maximum atomic E-state index is 12.5. The molecular formula is C14H18BrNO2. The van der Waals surface area contributed by atoms with Crippen LogP contribution in [-0.2, 0) is 0 Å². The van der Waals surface area contributed by atoms with Crippen molar-refractivity contribution in [1.82, 2.24) is 4.90 Å². The van der Waals surface area contributed by atoms with Crippen LogP contribution in [0.5, 0.6) is 5.75 Å². The second kappa shape index (κ2) is 6.23. The van der Waals surface area contributed by atoms with Crippen molar-refractivity contribution in [1.29, 1.82) is 0 Å². The molecule has 1 fully saturated rings. The van der Waals surface area contributed by atoms with Gasteiger partial charge in [0.1, 0.15) is 5.75 Å². The largest absolute Gasteiger partial charge is 0.508 e. The van der Waals surface area contributed by atoms with Crippen molar-refractivity contribution < 1.29 is 9.90 Å². The first-order chi connectivity index (χ1) is 8.72. The Morgan fingerprint density at radius 2 is 2.22 bits per heavy atom. The van der Waals surface area contributed by atoms with Crippen molar-refractivity contribution >= 4 is 21.8 Å². The first kappa shape index (κ1) is 13.4. The molecule has 0 spiro atoms. The Bertz CT molecular complexity index is 422. The van der Waals surface area contributed by atoms with Crippen molar-refractivity contribution in [3.63, 3.8) is 0 Å². The predicted molar refractivity (Wildman–Crippen MR) is 75.2 cm³/mol. The van der Waals surface area contributed by atoms with E-state index in [4.69, 9.17) is 0 Å². The number of amides is 1. The summed E-state index contributed by atoms with van der Waals surface area (Å²) >= 11 is 3.50. The molecule has 0 radical (unpaired) electrons. The molecule has 0 bridgehead atoms. The highest BCUT2D eigenvalue weighted by Gasteiger charge is 2.25. The minimum absolute atomic E-state index is 0.0252. The Morgan fingerprint density at radius 3 is 2.94 bits per heavy atom. The lowest BCUT2D eigenvalue weighted by Crippen LogP contribution is -2.41. The standard InChI is InChI=1S/C14H18BrNO2/c15-10-12-6-2-1-3-8-16(12)14(18)11-5-4-7-13(17)9-11/h4-5,7,9,12,17H,1-3,6,8,10H2. The van der Waals surface area contributed by atoms with Crippen LogP contribution in [-0.4, -0.2) is 33.8 Å². The van der Waals surface area contributed by atoms with Crippen LogP contribution in [0.4, 0.5) is 0 Å². The Morgan fingerprint density at radius 1 is 1.39 bits per heavy atom. The SMILES string of the molecule is O=C(c1cccc(O)c1)N1CCCCCC1CBr. The van der Waals surface area contributed by atoms with Gasteiger partial charge in [-0.1, -0.05) is 34.8 Å². The fraction of sp³-hybridized carbons (Fsp3) is 0.500. The number of carbonyl (C=O) groups excluding carboxylic acids is 1. The highest BCUT2D eigenvalue weighted by atomic mass is 79.9. The van der Waals surface area contributed by atoms with Crippen LogP contribution in [0.3, 0.4) is 0 Å². The molecule has 1 saturated heterocycles. The van der Waals surface area contributed by atoms with Crippen LogP contribution in [0.15, 0.2) is 24.3 Å². The Kier molecular flexibility index (Phi) is 4.64. The summed E-state index contributed by atoms with van der Waals surface area (Å²) in [4.78, 5) is 14.4. The lowest BCUT2D eigenvalue weighted by Gasteiger charge is -2.28. The zero-order valence-electron chi connectivity index (χ0n) is 10.3. The van der Waals surface area contributed by atoms with E-state index in [2.05, 4.69) is 15.9 Å². The molecule has 1 aliphatic heterocycles. The van der Waals surface area contributed by atoms with Crippen molar-refractivity contribution in [2.24, 2.45) is 0 Å². The zero-order chi connectivity index (χ0) is 13.0. The van der Waals surface area contributed by atoms with Crippen molar-refractivity contribution in [3.8, 4) is 5.75 Å². The van der Waals surface area contributed by atoms with Crippen LogP contribution >= 0.6 is 15.9 Å². The number of likely N-dealkylation sites (tertiary alicyclic amines) is 1. The first-order valence-corrected chi connectivity index (χ1v) is 7.50. The molecule has 1 unspecified atom stereocenters. The van der Waals surface area contributed by atoms with E-state index in [1.54, 1.807) is 24.3 Å². The van der Waals surface area contributed by atoms with Crippen LogP contribution < -0.4 is 0 Å². The summed E-state index contributed by atoms with van der Waals surface area (Å²) in [6.07, 6.45) is 4.48. The number of carbonyl (C=O) groups is 1. The molecule has 1 atom stereocenters. The van der Waals surface area contributed by atoms with E-state index in [1.165, 1.54) is 12.8 Å². The number of nitrogens with zero attached hydrogens (tertiary/aromatic N) is 1. The lowest BCUT2D eigenvalue weighted by molar-refractivity contribution is 0.0702. The van der Waals surface area contributed by atoms with Gasteiger partial charge in [0.25, 0.3) is 5.91 Å². The highest BCUT2D eigenvalue weighted by molar-refractivity contribution is 9.09. The van der Waals surface area contributed by atoms with Gasteiger partial charge in [0.05, 0.1) is 0 Å². The van der Waals surface area contributed by atoms with E-state index in [0.717, 1.165) is 24.7 Å². The molecule has 3 nitrogen and oxygen atoms in total. The van der Waals surface area contributed by atoms with Crippen molar-refractivity contribution in [3.05, 3.63) is 29.8 Å². The monoisotopic (exact) mass is 311 g/mol. The number of alkyl halides is 1. The van der Waals surface area contributed by atoms with E-state index in [-0.39, 0.29) is 17.7 Å². The average molecular weight is 312 g/mol. The number of aromatic hydroxyl groups is 1. The molecule has 1 amide bonds. The fourth-order valence-electron chi connectivity index (χ4n) is 2.41. The summed E-state index contributed by atoms with van der Waals surface area (Å²) in [5.74, 6) is 0.170. The smallest absolute Gasteiger partial charge is 0.254 e. The highest BCUT2D eigenvalue weighted by Crippen LogP contribution is 2.22. The molecule has 1 aliphatic rings. The third kappa shape index (κ3) is 3.05. The number of hydrogen-bond acceptors (Lipinski definition) is 2. The number of hydrogen-bond donors (Lipinski definition) is 1. The van der Waals surface area contributed by atoms with Crippen molar-refractivity contribution in [2.45, 2.75) is 31.7 Å². The van der Waals surface area contributed by atoms with E-state index >= 15 is 0 Å². The molecule has 1 N–H and O–H groups in total. The van der Waals surface area contributed by atoms with Crippen LogP contribution in [0, 0.1) is 0 Å². The molecule has 98 valence electrons. The Balaban J connectivity index is 2.19. The third-order valence-electron chi connectivity index (χ3n) is 3.41. The van der Waals surface area contributed by atoms with Gasteiger partial charge in [-0.05, 0) is 31.0 Å². The van der Waals surface area contributed by atoms with E-state index in [0.29, 0.717) is 5.56 Å². The average Bonchev–Trinajstić information content (AvgIpc) is 2.62. The van der Waals surface area contributed by atoms with Gasteiger partial charge < -0.3 is 10.0 Å². The molecule has 4 heteroatoms. The topological polar surface area (TPSA) is 40.5 Å². The molecule has 1 aromatic carbocycles. The number of rotatable bonds is 2. The molecule has 2 rings (SSSR count). The van der Waals surface area contributed by atoms with Gasteiger partial charge >= 0.3 is 0 Å². The van der Waals surface area contributed by atoms with Gasteiger partial charge in [-0.25, -0.2) is 0 Å². The Hall–Kier alpha value is -1.03. The number of phenols is 1. The summed E-state index contributed by atoms with van der Waals surface area (Å²) in [7, 11) is 0. The third-order valence-corrected chi connectivity index (χ3v) is 4.16. The second-order valence-electron chi connectivity index (χ2n) is 4.71. The van der Waals surface area contributed by atoms with Gasteiger partial charge in [-0.3, -0.25) is 4.79 Å². The number of halogens is 1. The number of phenolic OH excluding ortho intramolecular Hbond substituents is 1. The van der Waals surface area contributed by atoms with Crippen LogP contribution in [0.1, 0.15) is 36.0 Å². The predicted octanol–water partition coefficient (Wildman–Crippen LogP) is 3.17. The minimum Gasteiger partial charge on any atom is -0.508 e. The fourth-order valence-corrected chi connectivity index (χ4v) is 3.08. The van der Waals surface area contributed by atoms with E-state index in [1.807, 2.05) is 4.90 Å². The first-order valence-electron chi connectivity index (χ1n) is 6.38. The van der Waals surface area contributed by atoms with E-state index < -0.39 is 0 Å². The maximum Gasteiger partial charge on any atom is 0.254 e. The number of benzene rings is 1. The maximum absolute atomic E-state index is 12.5. The summed E-state index contributed by atoms with van der Waals surface area (Å²) in [6, 6.07) is 6.86. The molecule has 0 aliphatic carbocycles. The molecule has 0 saturated carbocycles. The molecular weight excluding hydrogens is 294 g/mol. The normalized spacial score (nSPS) is 20.5. The Labute approximate surface area is 116 Å². The summed E-state index contributed by atoms with van der Waals surface area (Å²) in [5.41, 5.74) is 0.572. The second-order valence-corrected chi connectivity index (χ2v) is 5.35. The summed E-state index contributed by atoms with van der Waals surface area (Å²) in [6.45, 7) is 0.810. The zero-order valence-corrected chi connectivity index (χ0v) is 11.9. The van der Waals surface area contributed by atoms with Gasteiger partial charge in [-0.2, -0.15) is 0 Å². The molecule has 0 aromatic heterocycles. The lowest BCUT2D eigenvalue weighted by atomic mass is 10.1. The van der Waals surface area contributed by atoms with Crippen molar-refractivity contribution in [2.75, 3.05) is 11.9 Å². The van der Waals surface area contributed by atoms with Crippen LogP contribution in [0.25, 0.3) is 0 Å². The van der Waals surface area contributed by atoms with Gasteiger partial charge in [0, 0.05) is 23.5 Å². The van der Waals surface area contributed by atoms with Gasteiger partial charge in [-0.15, -0.1) is 0 Å². The summed E-state index contributed by atoms with van der Waals surface area (Å²) in [5, 5.41) is 10.3. The van der Waals surface area contributed by atoms with Crippen LogP contribution in [0.2, 0.25) is 0 Å². The molecule has 1 heterocycles. The van der Waals surface area contributed by atoms with E-state index in [9.17, 15) is 9.90 Å². The van der Waals surface area contributed by atoms with Gasteiger partial charge in [0.2, 0.25) is 0 Å². The van der Waals surface area contributed by atoms with Gasteiger partial charge in [0.15, 0.2) is 0 Å². The quantitative estimate of drug-likeness (QED) is 0.852. The minimum atomic E-state index is 0.0252.